The van der Waals surface area contributed by atoms with Crippen molar-refractivity contribution in [3.63, 3.8) is 0 Å². The minimum Gasteiger partial charge on any atom is -0.312 e. The third-order valence-electron chi connectivity index (χ3n) is 7.07. The summed E-state index contributed by atoms with van der Waals surface area (Å²) in [6.45, 7) is 4.70. The summed E-state index contributed by atoms with van der Waals surface area (Å²) in [6, 6.07) is 35.4. The second-order valence-corrected chi connectivity index (χ2v) is 9.12. The van der Waals surface area contributed by atoms with Crippen LogP contribution in [0.1, 0.15) is 25.1 Å². The zero-order valence-electron chi connectivity index (χ0n) is 17.6. The van der Waals surface area contributed by atoms with E-state index in [1.54, 1.807) is 0 Å². The molecule has 2 aromatic heterocycles. The zero-order valence-corrected chi connectivity index (χ0v) is 17.6. The van der Waals surface area contributed by atoms with E-state index in [0.717, 1.165) is 0 Å². The average Bonchev–Trinajstić information content (AvgIpc) is 3.41. The summed E-state index contributed by atoms with van der Waals surface area (Å²) in [5.74, 6) is 0. The Morgan fingerprint density at radius 3 is 2.13 bits per heavy atom. The average molecular weight is 399 g/mol. The fraction of sp³-hybridized carbons (Fsp3) is 0.103. The molecular weight excluding hydrogens is 376 g/mol. The predicted molar refractivity (Wildman–Crippen MR) is 130 cm³/mol. The van der Waals surface area contributed by atoms with Crippen molar-refractivity contribution in [1.82, 2.24) is 9.13 Å². The standard InChI is InChI=1S/C29H22N2/c1-29(2)23-18-26-22(17-27(23)31-24-14-8-6-10-19(24)16-28(29)31)21-13-7-9-15-25(21)30(26)20-11-4-3-5-12-20/h3-18H,1-2H3. The van der Waals surface area contributed by atoms with Gasteiger partial charge in [-0.1, -0.05) is 68.4 Å². The van der Waals surface area contributed by atoms with Crippen molar-refractivity contribution < 1.29 is 0 Å². The number of fused-ring (bicyclic) bond motifs is 8. The Bertz CT molecular complexity index is 1650. The Balaban J connectivity index is 1.66. The van der Waals surface area contributed by atoms with Gasteiger partial charge in [0.15, 0.2) is 0 Å². The largest absolute Gasteiger partial charge is 0.312 e. The second-order valence-electron chi connectivity index (χ2n) is 9.12. The SMILES string of the molecule is CC1(C)c2cc3c(cc2-n2c1cc1ccccc12)c1ccccc1n3-c1ccccc1. The number of nitrogens with zero attached hydrogens (tertiary/aromatic N) is 2. The lowest BCUT2D eigenvalue weighted by Crippen LogP contribution is -2.15. The number of aromatic nitrogens is 2. The first-order valence-electron chi connectivity index (χ1n) is 10.9. The van der Waals surface area contributed by atoms with E-state index >= 15 is 0 Å². The summed E-state index contributed by atoms with van der Waals surface area (Å²) in [5, 5.41) is 3.91. The van der Waals surface area contributed by atoms with Crippen LogP contribution in [0.4, 0.5) is 0 Å². The Hall–Kier alpha value is -3.78. The molecule has 0 saturated heterocycles. The van der Waals surface area contributed by atoms with Gasteiger partial charge in [0.25, 0.3) is 0 Å². The molecule has 3 heterocycles. The van der Waals surface area contributed by atoms with Crippen molar-refractivity contribution in [2.24, 2.45) is 0 Å². The fourth-order valence-corrected chi connectivity index (χ4v) is 5.56. The smallest absolute Gasteiger partial charge is 0.0545 e. The molecule has 0 spiro atoms. The minimum atomic E-state index is -0.0550. The molecule has 0 amide bonds. The number of benzene rings is 4. The van der Waals surface area contributed by atoms with Gasteiger partial charge in [0.1, 0.15) is 0 Å². The first-order chi connectivity index (χ1) is 15.1. The molecule has 6 aromatic rings. The van der Waals surface area contributed by atoms with Crippen LogP contribution in [0.2, 0.25) is 0 Å². The summed E-state index contributed by atoms with van der Waals surface area (Å²) >= 11 is 0. The van der Waals surface area contributed by atoms with Crippen molar-refractivity contribution >= 4 is 32.7 Å². The van der Waals surface area contributed by atoms with Crippen LogP contribution in [0.5, 0.6) is 0 Å². The van der Waals surface area contributed by atoms with Gasteiger partial charge in [0.2, 0.25) is 0 Å². The Labute approximate surface area is 181 Å². The van der Waals surface area contributed by atoms with Gasteiger partial charge in [-0.25, -0.2) is 0 Å². The van der Waals surface area contributed by atoms with E-state index in [4.69, 9.17) is 0 Å². The molecule has 0 bridgehead atoms. The lowest BCUT2D eigenvalue weighted by molar-refractivity contribution is 0.645. The van der Waals surface area contributed by atoms with E-state index in [9.17, 15) is 0 Å². The molecule has 0 saturated carbocycles. The van der Waals surface area contributed by atoms with Crippen molar-refractivity contribution in [2.45, 2.75) is 19.3 Å². The topological polar surface area (TPSA) is 9.86 Å². The van der Waals surface area contributed by atoms with Crippen LogP contribution in [0.3, 0.4) is 0 Å². The van der Waals surface area contributed by atoms with E-state index < -0.39 is 0 Å². The molecule has 0 N–H and O–H groups in total. The molecule has 2 heteroatoms. The van der Waals surface area contributed by atoms with E-state index in [2.05, 4.69) is 120 Å². The molecule has 4 aromatic carbocycles. The van der Waals surface area contributed by atoms with Gasteiger partial charge in [-0.05, 0) is 48.0 Å². The highest BCUT2D eigenvalue weighted by Crippen LogP contribution is 2.48. The molecule has 148 valence electrons. The lowest BCUT2D eigenvalue weighted by Gasteiger charge is -2.19. The van der Waals surface area contributed by atoms with Crippen LogP contribution >= 0.6 is 0 Å². The van der Waals surface area contributed by atoms with Crippen LogP contribution < -0.4 is 0 Å². The van der Waals surface area contributed by atoms with Gasteiger partial charge < -0.3 is 9.13 Å². The van der Waals surface area contributed by atoms with Crippen molar-refractivity contribution in [3.05, 3.63) is 108 Å². The van der Waals surface area contributed by atoms with Gasteiger partial charge in [0.05, 0.1) is 22.2 Å². The Morgan fingerprint density at radius 1 is 0.581 bits per heavy atom. The third-order valence-corrected chi connectivity index (χ3v) is 7.07. The fourth-order valence-electron chi connectivity index (χ4n) is 5.56. The first-order valence-corrected chi connectivity index (χ1v) is 10.9. The van der Waals surface area contributed by atoms with Crippen molar-refractivity contribution in [1.29, 1.82) is 0 Å². The van der Waals surface area contributed by atoms with Crippen LogP contribution in [0.25, 0.3) is 44.1 Å². The number of hydrogen-bond acceptors (Lipinski definition) is 0. The monoisotopic (exact) mass is 398 g/mol. The molecule has 0 atom stereocenters. The molecule has 0 radical (unpaired) electrons. The van der Waals surface area contributed by atoms with Gasteiger partial charge >= 0.3 is 0 Å². The molecular formula is C29H22N2. The quantitative estimate of drug-likeness (QED) is 0.274. The maximum absolute atomic E-state index is 2.47. The summed E-state index contributed by atoms with van der Waals surface area (Å²) in [5.41, 5.74) is 9.03. The highest BCUT2D eigenvalue weighted by atomic mass is 15.0. The van der Waals surface area contributed by atoms with E-state index in [-0.39, 0.29) is 5.41 Å². The van der Waals surface area contributed by atoms with Crippen LogP contribution in [-0.4, -0.2) is 9.13 Å². The van der Waals surface area contributed by atoms with Crippen LogP contribution in [0.15, 0.2) is 97.1 Å². The minimum absolute atomic E-state index is 0.0550. The summed E-state index contributed by atoms with van der Waals surface area (Å²) in [6.07, 6.45) is 0. The first kappa shape index (κ1) is 17.0. The summed E-state index contributed by atoms with van der Waals surface area (Å²) in [7, 11) is 0. The molecule has 1 aliphatic rings. The van der Waals surface area contributed by atoms with E-state index in [1.807, 2.05) is 0 Å². The molecule has 0 aliphatic carbocycles. The molecule has 0 fully saturated rings. The van der Waals surface area contributed by atoms with Crippen molar-refractivity contribution in [3.8, 4) is 11.4 Å². The molecule has 31 heavy (non-hydrogen) atoms. The third kappa shape index (κ3) is 2.07. The molecule has 0 unspecified atom stereocenters. The van der Waals surface area contributed by atoms with Crippen molar-refractivity contribution in [2.75, 3.05) is 0 Å². The number of para-hydroxylation sites is 3. The highest BCUT2D eigenvalue weighted by Gasteiger charge is 2.38. The Kier molecular flexibility index (Phi) is 3.10. The van der Waals surface area contributed by atoms with E-state index in [0.29, 0.717) is 0 Å². The van der Waals surface area contributed by atoms with Crippen LogP contribution in [-0.2, 0) is 5.41 Å². The predicted octanol–water partition coefficient (Wildman–Crippen LogP) is 7.37. The van der Waals surface area contributed by atoms with Gasteiger partial charge in [0, 0.05) is 33.0 Å². The van der Waals surface area contributed by atoms with Gasteiger partial charge in [-0.2, -0.15) is 0 Å². The maximum atomic E-state index is 2.47. The highest BCUT2D eigenvalue weighted by molar-refractivity contribution is 6.10. The lowest BCUT2D eigenvalue weighted by atomic mass is 9.83. The van der Waals surface area contributed by atoms with E-state index in [1.165, 1.54) is 55.3 Å². The Morgan fingerprint density at radius 2 is 1.29 bits per heavy atom. The van der Waals surface area contributed by atoms with Gasteiger partial charge in [-0.3, -0.25) is 0 Å². The zero-order chi connectivity index (χ0) is 20.7. The van der Waals surface area contributed by atoms with Gasteiger partial charge in [-0.15, -0.1) is 0 Å². The maximum Gasteiger partial charge on any atom is 0.0545 e. The number of hydrogen-bond donors (Lipinski definition) is 0. The summed E-state index contributed by atoms with van der Waals surface area (Å²) < 4.78 is 4.88. The normalized spacial score (nSPS) is 14.4. The second kappa shape index (κ2) is 5.67. The summed E-state index contributed by atoms with van der Waals surface area (Å²) in [4.78, 5) is 0. The molecule has 2 nitrogen and oxygen atoms in total. The molecule has 1 aliphatic heterocycles. The number of rotatable bonds is 1. The van der Waals surface area contributed by atoms with Crippen LogP contribution in [0, 0.1) is 0 Å². The molecule has 7 rings (SSSR count).